The Bertz CT molecular complexity index is 1240. The van der Waals surface area contributed by atoms with Crippen LogP contribution in [-0.2, 0) is 11.2 Å². The summed E-state index contributed by atoms with van der Waals surface area (Å²) in [5.41, 5.74) is 2.53. The molecular formula is C24H23N5O4. The van der Waals surface area contributed by atoms with E-state index in [2.05, 4.69) is 15.5 Å². The van der Waals surface area contributed by atoms with E-state index in [1.165, 1.54) is 0 Å². The summed E-state index contributed by atoms with van der Waals surface area (Å²) in [5, 5.41) is 6.56. The third-order valence-corrected chi connectivity index (χ3v) is 5.92. The van der Waals surface area contributed by atoms with Crippen LogP contribution in [0.15, 0.2) is 53.1 Å². The molecule has 1 N–H and O–H groups in total. The highest BCUT2D eigenvalue weighted by Gasteiger charge is 2.47. The summed E-state index contributed by atoms with van der Waals surface area (Å²) in [4.78, 5) is 46.3. The Kier molecular flexibility index (Phi) is 5.37. The first kappa shape index (κ1) is 20.9. The smallest absolute Gasteiger partial charge is 0.260 e. The summed E-state index contributed by atoms with van der Waals surface area (Å²) in [6.07, 6.45) is 0.695. The molecule has 0 bridgehead atoms. The number of amides is 3. The van der Waals surface area contributed by atoms with E-state index in [9.17, 15) is 14.4 Å². The van der Waals surface area contributed by atoms with E-state index in [4.69, 9.17) is 4.52 Å². The van der Waals surface area contributed by atoms with E-state index in [0.29, 0.717) is 54.5 Å². The van der Waals surface area contributed by atoms with Crippen LogP contribution in [0.3, 0.4) is 0 Å². The standard InChI is InChI=1S/C24H23N5O4/c1-15-26-21(33-27-15)12-13-25-20(30)11-6-14-28-22-16-7-2-3-8-17(16)24(32)29(22)19-10-5-4-9-18(19)23(28)31/h2-5,7-10,22H,6,11-14H2,1H3,(H,25,30)/t22-/m1/s1. The summed E-state index contributed by atoms with van der Waals surface area (Å²) in [5.74, 6) is 0.675. The molecule has 3 aromatic rings. The lowest BCUT2D eigenvalue weighted by atomic mass is 10.0. The number of hydrogen-bond acceptors (Lipinski definition) is 6. The Morgan fingerprint density at radius 2 is 1.82 bits per heavy atom. The lowest BCUT2D eigenvalue weighted by Gasteiger charge is -2.41. The van der Waals surface area contributed by atoms with Gasteiger partial charge in [0, 0.05) is 37.1 Å². The van der Waals surface area contributed by atoms with E-state index in [1.807, 2.05) is 24.3 Å². The van der Waals surface area contributed by atoms with Gasteiger partial charge in [0.05, 0.1) is 11.3 Å². The summed E-state index contributed by atoms with van der Waals surface area (Å²) in [7, 11) is 0. The minimum absolute atomic E-state index is 0.115. The van der Waals surface area contributed by atoms with Crippen LogP contribution >= 0.6 is 0 Å². The van der Waals surface area contributed by atoms with Gasteiger partial charge in [-0.3, -0.25) is 19.3 Å². The molecule has 0 saturated carbocycles. The first-order valence-electron chi connectivity index (χ1n) is 10.9. The molecule has 1 aromatic heterocycles. The molecule has 0 radical (unpaired) electrons. The average molecular weight is 445 g/mol. The number of nitrogens with one attached hydrogen (secondary N) is 1. The molecular weight excluding hydrogens is 422 g/mol. The van der Waals surface area contributed by atoms with Crippen LogP contribution in [0, 0.1) is 6.92 Å². The van der Waals surface area contributed by atoms with Crippen LogP contribution in [-0.4, -0.2) is 45.9 Å². The number of para-hydroxylation sites is 1. The lowest BCUT2D eigenvalue weighted by Crippen LogP contribution is -2.48. The average Bonchev–Trinajstić information content (AvgIpc) is 3.37. The molecule has 2 aromatic carbocycles. The highest BCUT2D eigenvalue weighted by molar-refractivity contribution is 6.16. The molecule has 0 saturated heterocycles. The molecule has 2 aliphatic rings. The van der Waals surface area contributed by atoms with E-state index < -0.39 is 6.17 Å². The molecule has 0 spiro atoms. The van der Waals surface area contributed by atoms with E-state index in [1.54, 1.807) is 41.0 Å². The van der Waals surface area contributed by atoms with Crippen LogP contribution < -0.4 is 10.2 Å². The number of benzene rings is 2. The third-order valence-electron chi connectivity index (χ3n) is 5.92. The molecule has 3 heterocycles. The second-order valence-electron chi connectivity index (χ2n) is 8.09. The minimum Gasteiger partial charge on any atom is -0.356 e. The van der Waals surface area contributed by atoms with Gasteiger partial charge in [0.25, 0.3) is 11.8 Å². The Hall–Kier alpha value is -4.01. The normalized spacial score (nSPS) is 16.5. The van der Waals surface area contributed by atoms with Crippen molar-refractivity contribution in [2.24, 2.45) is 0 Å². The number of fused-ring (bicyclic) bond motifs is 5. The van der Waals surface area contributed by atoms with E-state index in [0.717, 1.165) is 5.56 Å². The quantitative estimate of drug-likeness (QED) is 0.599. The van der Waals surface area contributed by atoms with Gasteiger partial charge >= 0.3 is 0 Å². The monoisotopic (exact) mass is 445 g/mol. The van der Waals surface area contributed by atoms with Gasteiger partial charge in [-0.05, 0) is 31.5 Å². The van der Waals surface area contributed by atoms with Gasteiger partial charge in [-0.2, -0.15) is 4.98 Å². The largest absolute Gasteiger partial charge is 0.356 e. The molecule has 0 fully saturated rings. The van der Waals surface area contributed by atoms with E-state index in [-0.39, 0.29) is 24.1 Å². The highest BCUT2D eigenvalue weighted by Crippen LogP contribution is 2.45. The topological polar surface area (TPSA) is 109 Å². The SMILES string of the molecule is Cc1noc(CCNC(=O)CCCN2C(=O)c3ccccc3N3C(=O)c4ccccc4[C@H]23)n1. The van der Waals surface area contributed by atoms with Crippen LogP contribution in [0.25, 0.3) is 0 Å². The zero-order valence-electron chi connectivity index (χ0n) is 18.2. The fourth-order valence-corrected chi connectivity index (χ4v) is 4.45. The van der Waals surface area contributed by atoms with Crippen molar-refractivity contribution in [1.82, 2.24) is 20.4 Å². The number of carbonyl (C=O) groups is 3. The molecule has 3 amide bonds. The lowest BCUT2D eigenvalue weighted by molar-refractivity contribution is -0.121. The zero-order chi connectivity index (χ0) is 22.9. The maximum atomic E-state index is 13.3. The maximum absolute atomic E-state index is 13.3. The third kappa shape index (κ3) is 3.75. The van der Waals surface area contributed by atoms with E-state index >= 15 is 0 Å². The summed E-state index contributed by atoms with van der Waals surface area (Å²) in [6.45, 7) is 2.49. The number of anilines is 1. The Balaban J connectivity index is 1.27. The van der Waals surface area contributed by atoms with Gasteiger partial charge in [-0.15, -0.1) is 0 Å². The van der Waals surface area contributed by atoms with Crippen LogP contribution in [0.5, 0.6) is 0 Å². The predicted octanol–water partition coefficient (Wildman–Crippen LogP) is 2.63. The number of aromatic nitrogens is 2. The predicted molar refractivity (Wildman–Crippen MR) is 118 cm³/mol. The second kappa shape index (κ2) is 8.50. The summed E-state index contributed by atoms with van der Waals surface area (Å²) in [6, 6.07) is 14.5. The second-order valence-corrected chi connectivity index (χ2v) is 8.09. The fraction of sp³-hybridized carbons (Fsp3) is 0.292. The van der Waals surface area contributed by atoms with Crippen molar-refractivity contribution in [3.8, 4) is 0 Å². The molecule has 168 valence electrons. The number of rotatable bonds is 7. The number of hydrogen-bond donors (Lipinski definition) is 1. The molecule has 0 unspecified atom stereocenters. The van der Waals surface area contributed by atoms with Crippen molar-refractivity contribution in [3.63, 3.8) is 0 Å². The highest BCUT2D eigenvalue weighted by atomic mass is 16.5. The van der Waals surface area contributed by atoms with Crippen molar-refractivity contribution in [2.75, 3.05) is 18.0 Å². The molecule has 1 atom stereocenters. The van der Waals surface area contributed by atoms with Gasteiger partial charge in [-0.25, -0.2) is 0 Å². The van der Waals surface area contributed by atoms with Gasteiger partial charge < -0.3 is 14.7 Å². The zero-order valence-corrected chi connectivity index (χ0v) is 18.2. The molecule has 33 heavy (non-hydrogen) atoms. The van der Waals surface area contributed by atoms with Crippen molar-refractivity contribution in [1.29, 1.82) is 0 Å². The molecule has 2 aliphatic heterocycles. The molecule has 0 aliphatic carbocycles. The number of aryl methyl sites for hydroxylation is 1. The van der Waals surface area contributed by atoms with Crippen LogP contribution in [0.4, 0.5) is 5.69 Å². The summed E-state index contributed by atoms with van der Waals surface area (Å²) >= 11 is 0. The van der Waals surface area contributed by atoms with Gasteiger partial charge in [0.2, 0.25) is 11.8 Å². The van der Waals surface area contributed by atoms with Crippen molar-refractivity contribution in [3.05, 3.63) is 76.9 Å². The molecule has 5 rings (SSSR count). The summed E-state index contributed by atoms with van der Waals surface area (Å²) < 4.78 is 5.04. The number of carbonyl (C=O) groups excluding carboxylic acids is 3. The first-order chi connectivity index (χ1) is 16.0. The van der Waals surface area contributed by atoms with Crippen molar-refractivity contribution in [2.45, 2.75) is 32.4 Å². The first-order valence-corrected chi connectivity index (χ1v) is 10.9. The fourth-order valence-electron chi connectivity index (χ4n) is 4.45. The molecule has 9 nitrogen and oxygen atoms in total. The van der Waals surface area contributed by atoms with Gasteiger partial charge in [0.1, 0.15) is 6.17 Å². The van der Waals surface area contributed by atoms with Crippen LogP contribution in [0.1, 0.15) is 57.0 Å². The van der Waals surface area contributed by atoms with Gasteiger partial charge in [-0.1, -0.05) is 35.5 Å². The Morgan fingerprint density at radius 3 is 2.61 bits per heavy atom. The Labute approximate surface area is 190 Å². The number of nitrogens with zero attached hydrogens (tertiary/aromatic N) is 4. The van der Waals surface area contributed by atoms with Gasteiger partial charge in [0.15, 0.2) is 5.82 Å². The maximum Gasteiger partial charge on any atom is 0.260 e. The van der Waals surface area contributed by atoms with Crippen molar-refractivity contribution >= 4 is 23.4 Å². The molecule has 9 heteroatoms. The van der Waals surface area contributed by atoms with Crippen molar-refractivity contribution < 1.29 is 18.9 Å². The van der Waals surface area contributed by atoms with Crippen LogP contribution in [0.2, 0.25) is 0 Å². The minimum atomic E-state index is -0.500. The Morgan fingerprint density at radius 1 is 1.06 bits per heavy atom.